The fourth-order valence-corrected chi connectivity index (χ4v) is 5.25. The molecule has 5 rings (SSSR count). The molecule has 0 bridgehead atoms. The minimum atomic E-state index is -0.162. The summed E-state index contributed by atoms with van der Waals surface area (Å²) < 4.78 is 8.90. The number of nitrogens with zero attached hydrogens (tertiary/aromatic N) is 6. The number of methoxy groups -OCH3 is 1. The van der Waals surface area contributed by atoms with E-state index < -0.39 is 0 Å². The Hall–Kier alpha value is -3.62. The Kier molecular flexibility index (Phi) is 7.03. The highest BCUT2D eigenvalue weighted by Crippen LogP contribution is 2.39. The highest BCUT2D eigenvalue weighted by atomic mass is 35.5. The van der Waals surface area contributed by atoms with Crippen LogP contribution >= 0.6 is 11.6 Å². The molecule has 0 unspecified atom stereocenters. The van der Waals surface area contributed by atoms with Gasteiger partial charge in [0.05, 0.1) is 24.0 Å². The van der Waals surface area contributed by atoms with Crippen LogP contribution in [-0.4, -0.2) is 63.1 Å². The average Bonchev–Trinajstić information content (AvgIpc) is 3.25. The normalized spacial score (nSPS) is 14.6. The number of rotatable bonds is 5. The van der Waals surface area contributed by atoms with Crippen molar-refractivity contribution in [2.75, 3.05) is 38.2 Å². The van der Waals surface area contributed by atoms with Gasteiger partial charge in [0.15, 0.2) is 5.75 Å². The molecule has 2 aromatic heterocycles. The van der Waals surface area contributed by atoms with E-state index in [0.717, 1.165) is 48.6 Å². The molecule has 198 valence electrons. The summed E-state index contributed by atoms with van der Waals surface area (Å²) >= 11 is 6.64. The predicted molar refractivity (Wildman–Crippen MR) is 153 cm³/mol. The zero-order valence-electron chi connectivity index (χ0n) is 22.5. The van der Waals surface area contributed by atoms with Crippen LogP contribution in [0.1, 0.15) is 20.8 Å². The molecule has 3 heterocycles. The van der Waals surface area contributed by atoms with Gasteiger partial charge in [-0.2, -0.15) is 5.10 Å². The van der Waals surface area contributed by atoms with E-state index in [1.54, 1.807) is 32.7 Å². The quantitative estimate of drug-likeness (QED) is 0.365. The van der Waals surface area contributed by atoms with Crippen LogP contribution in [0, 0.1) is 0 Å². The van der Waals surface area contributed by atoms with Crippen LogP contribution in [-0.2, 0) is 7.05 Å². The maximum Gasteiger partial charge on any atom is 0.332 e. The van der Waals surface area contributed by atoms with E-state index in [9.17, 15) is 4.79 Å². The second-order valence-electron chi connectivity index (χ2n) is 10.6. The number of hydrogen-bond acceptors (Lipinski definition) is 6. The Morgan fingerprint density at radius 1 is 0.974 bits per heavy atom. The largest absolute Gasteiger partial charge is 0.494 e. The van der Waals surface area contributed by atoms with Crippen LogP contribution in [0.3, 0.4) is 0 Å². The second-order valence-corrected chi connectivity index (χ2v) is 11.0. The van der Waals surface area contributed by atoms with Crippen molar-refractivity contribution < 1.29 is 4.74 Å². The molecule has 0 saturated carbocycles. The number of aromatic nitrogens is 4. The average molecular weight is 533 g/mol. The van der Waals surface area contributed by atoms with E-state index in [1.807, 2.05) is 24.3 Å². The summed E-state index contributed by atoms with van der Waals surface area (Å²) in [5, 5.41) is 9.21. The molecular weight excluding hydrogens is 500 g/mol. The van der Waals surface area contributed by atoms with Gasteiger partial charge in [0.1, 0.15) is 5.69 Å². The maximum atomic E-state index is 12.4. The highest BCUT2D eigenvalue weighted by Gasteiger charge is 2.26. The second kappa shape index (κ2) is 10.3. The molecule has 1 saturated heterocycles. The summed E-state index contributed by atoms with van der Waals surface area (Å²) in [6, 6.07) is 13.9. The van der Waals surface area contributed by atoms with E-state index in [1.165, 1.54) is 9.13 Å². The molecule has 0 amide bonds. The Bertz CT molecular complexity index is 1510. The first-order chi connectivity index (χ1) is 18.2. The molecule has 0 aliphatic carbocycles. The van der Waals surface area contributed by atoms with Crippen molar-refractivity contribution in [3.8, 4) is 33.8 Å². The lowest BCUT2D eigenvalue weighted by Gasteiger charge is -2.43. The van der Waals surface area contributed by atoms with Crippen molar-refractivity contribution in [2.24, 2.45) is 7.05 Å². The molecule has 0 spiro atoms. The van der Waals surface area contributed by atoms with Crippen molar-refractivity contribution in [3.63, 3.8) is 0 Å². The minimum absolute atomic E-state index is 0.162. The van der Waals surface area contributed by atoms with Crippen molar-refractivity contribution in [3.05, 3.63) is 76.6 Å². The third-order valence-corrected chi connectivity index (χ3v) is 7.49. The molecule has 2 aromatic carbocycles. The summed E-state index contributed by atoms with van der Waals surface area (Å²) in [7, 11) is 3.34. The van der Waals surface area contributed by atoms with Crippen LogP contribution in [0.15, 0.2) is 65.8 Å². The molecule has 1 aliphatic rings. The number of halogens is 1. The Labute approximate surface area is 228 Å². The molecular formula is C29H33ClN6O2. The van der Waals surface area contributed by atoms with Crippen LogP contribution < -0.4 is 15.3 Å². The van der Waals surface area contributed by atoms with Gasteiger partial charge in [0.2, 0.25) is 0 Å². The summed E-state index contributed by atoms with van der Waals surface area (Å²) in [4.78, 5) is 17.3. The van der Waals surface area contributed by atoms with E-state index in [-0.39, 0.29) is 11.2 Å². The summed E-state index contributed by atoms with van der Waals surface area (Å²) in [6.07, 6.45) is 5.08. The van der Waals surface area contributed by atoms with Crippen LogP contribution in [0.2, 0.25) is 5.02 Å². The monoisotopic (exact) mass is 532 g/mol. The van der Waals surface area contributed by atoms with Gasteiger partial charge in [-0.05, 0) is 50.6 Å². The number of imidazole rings is 1. The van der Waals surface area contributed by atoms with Crippen LogP contribution in [0.4, 0.5) is 5.69 Å². The molecule has 38 heavy (non-hydrogen) atoms. The highest BCUT2D eigenvalue weighted by molar-refractivity contribution is 6.32. The standard InChI is InChI=1S/C29H33ClN6O2/c1-29(2,3)35-14-12-34(13-15-35)22-8-6-7-21(17-22)26-27(38-5)23(19-31-32-26)20-9-10-25(24(30)18-20)36-16-11-33(4)28(36)37/h6-11,16-19H,12-15H2,1-5H3. The fourth-order valence-electron chi connectivity index (χ4n) is 4.98. The number of aryl methyl sites for hydroxylation is 1. The number of ether oxygens (including phenoxy) is 1. The third kappa shape index (κ3) is 4.93. The number of anilines is 1. The number of hydrogen-bond donors (Lipinski definition) is 0. The Morgan fingerprint density at radius 2 is 1.74 bits per heavy atom. The first-order valence-corrected chi connectivity index (χ1v) is 13.1. The molecule has 0 N–H and O–H groups in total. The Morgan fingerprint density at radius 3 is 2.37 bits per heavy atom. The Balaban J connectivity index is 1.46. The lowest BCUT2D eigenvalue weighted by atomic mass is 10.0. The van der Waals surface area contributed by atoms with Gasteiger partial charge >= 0.3 is 5.69 Å². The number of piperazine rings is 1. The van der Waals surface area contributed by atoms with Gasteiger partial charge in [-0.3, -0.25) is 9.47 Å². The molecule has 0 atom stereocenters. The third-order valence-electron chi connectivity index (χ3n) is 7.19. The zero-order chi connectivity index (χ0) is 27.0. The van der Waals surface area contributed by atoms with E-state index in [2.05, 4.69) is 59.0 Å². The first kappa shape index (κ1) is 26.0. The molecule has 9 heteroatoms. The van der Waals surface area contributed by atoms with Gasteiger partial charge < -0.3 is 14.2 Å². The van der Waals surface area contributed by atoms with E-state index >= 15 is 0 Å². The number of benzene rings is 2. The van der Waals surface area contributed by atoms with Gasteiger partial charge in [0.25, 0.3) is 0 Å². The van der Waals surface area contributed by atoms with Gasteiger partial charge in [-0.15, -0.1) is 5.10 Å². The minimum Gasteiger partial charge on any atom is -0.494 e. The zero-order valence-corrected chi connectivity index (χ0v) is 23.2. The van der Waals surface area contributed by atoms with Crippen molar-refractivity contribution >= 4 is 17.3 Å². The van der Waals surface area contributed by atoms with E-state index in [4.69, 9.17) is 16.3 Å². The summed E-state index contributed by atoms with van der Waals surface area (Å²) in [6.45, 7) is 10.8. The lowest BCUT2D eigenvalue weighted by molar-refractivity contribution is 0.128. The smallest absolute Gasteiger partial charge is 0.332 e. The lowest BCUT2D eigenvalue weighted by Crippen LogP contribution is -2.53. The maximum absolute atomic E-state index is 12.4. The molecule has 0 radical (unpaired) electrons. The molecule has 4 aromatic rings. The summed E-state index contributed by atoms with van der Waals surface area (Å²) in [5.41, 5.74) is 4.98. The van der Waals surface area contributed by atoms with Crippen LogP contribution in [0.25, 0.3) is 28.1 Å². The van der Waals surface area contributed by atoms with E-state index in [0.29, 0.717) is 22.2 Å². The van der Waals surface area contributed by atoms with Gasteiger partial charge in [-0.25, -0.2) is 4.79 Å². The summed E-state index contributed by atoms with van der Waals surface area (Å²) in [5.74, 6) is 0.621. The van der Waals surface area contributed by atoms with Gasteiger partial charge in [0, 0.05) is 68.0 Å². The molecule has 8 nitrogen and oxygen atoms in total. The van der Waals surface area contributed by atoms with Crippen molar-refractivity contribution in [1.29, 1.82) is 0 Å². The van der Waals surface area contributed by atoms with Crippen molar-refractivity contribution in [1.82, 2.24) is 24.2 Å². The first-order valence-electron chi connectivity index (χ1n) is 12.7. The molecule has 1 fully saturated rings. The fraction of sp³-hybridized carbons (Fsp3) is 0.345. The SMILES string of the molecule is COc1c(-c2ccc(-n3ccn(C)c3=O)c(Cl)c2)cnnc1-c1cccc(N2CCN(C(C)(C)C)CC2)c1. The van der Waals surface area contributed by atoms with Gasteiger partial charge in [-0.1, -0.05) is 29.8 Å². The topological polar surface area (TPSA) is 68.4 Å². The van der Waals surface area contributed by atoms with Crippen LogP contribution in [0.5, 0.6) is 5.75 Å². The molecule has 1 aliphatic heterocycles. The van der Waals surface area contributed by atoms with Crippen molar-refractivity contribution in [2.45, 2.75) is 26.3 Å². The predicted octanol–water partition coefficient (Wildman–Crippen LogP) is 4.88.